The van der Waals surface area contributed by atoms with Crippen LogP contribution >= 0.6 is 12.2 Å². The molecule has 0 radical (unpaired) electrons. The number of thiocarbonyl (C=S) groups is 1. The molecule has 0 heterocycles. The minimum Gasteiger partial charge on any atom is -0.497 e. The second-order valence-electron chi connectivity index (χ2n) is 4.50. The number of ether oxygens (including phenoxy) is 1. The first-order valence-corrected chi connectivity index (χ1v) is 7.00. The lowest BCUT2D eigenvalue weighted by molar-refractivity contribution is 0.415. The molecule has 0 saturated carbocycles. The standard InChI is InChI=1S/C16H16FN3OS/c1-11(12-3-5-13(17)6-4-12)19-20-16(22)18-14-7-9-15(21-2)10-8-14/h3-10H,1-2H3,(H2,18,20,22)/b19-11-. The zero-order valence-corrected chi connectivity index (χ0v) is 13.1. The Kier molecular flexibility index (Phi) is 5.43. The summed E-state index contributed by atoms with van der Waals surface area (Å²) in [5, 5.41) is 7.54. The van der Waals surface area contributed by atoms with Gasteiger partial charge < -0.3 is 10.1 Å². The minimum absolute atomic E-state index is 0.277. The lowest BCUT2D eigenvalue weighted by Crippen LogP contribution is -2.24. The van der Waals surface area contributed by atoms with E-state index in [-0.39, 0.29) is 5.82 Å². The molecule has 6 heteroatoms. The summed E-state index contributed by atoms with van der Waals surface area (Å²) >= 11 is 5.17. The fourth-order valence-electron chi connectivity index (χ4n) is 1.72. The van der Waals surface area contributed by atoms with Crippen LogP contribution in [0.5, 0.6) is 5.75 Å². The third-order valence-corrected chi connectivity index (χ3v) is 3.13. The van der Waals surface area contributed by atoms with Crippen molar-refractivity contribution in [1.82, 2.24) is 5.43 Å². The van der Waals surface area contributed by atoms with E-state index >= 15 is 0 Å². The molecule has 0 unspecified atom stereocenters. The highest BCUT2D eigenvalue weighted by molar-refractivity contribution is 7.80. The quantitative estimate of drug-likeness (QED) is 0.514. The van der Waals surface area contributed by atoms with E-state index in [1.165, 1.54) is 12.1 Å². The number of benzene rings is 2. The number of hydrogen-bond donors (Lipinski definition) is 2. The lowest BCUT2D eigenvalue weighted by atomic mass is 10.1. The van der Waals surface area contributed by atoms with Gasteiger partial charge in [0.2, 0.25) is 0 Å². The Hall–Kier alpha value is -2.47. The van der Waals surface area contributed by atoms with Crippen molar-refractivity contribution >= 4 is 28.7 Å². The molecule has 0 aliphatic heterocycles. The molecule has 0 aromatic heterocycles. The smallest absolute Gasteiger partial charge is 0.191 e. The molecule has 2 rings (SSSR count). The summed E-state index contributed by atoms with van der Waals surface area (Å²) in [6.45, 7) is 1.82. The summed E-state index contributed by atoms with van der Waals surface area (Å²) in [5.74, 6) is 0.496. The highest BCUT2D eigenvalue weighted by Crippen LogP contribution is 2.14. The molecule has 0 aliphatic carbocycles. The summed E-state index contributed by atoms with van der Waals surface area (Å²) in [6.07, 6.45) is 0. The molecule has 114 valence electrons. The van der Waals surface area contributed by atoms with Gasteiger partial charge in [0, 0.05) is 5.69 Å². The van der Waals surface area contributed by atoms with Crippen molar-refractivity contribution in [3.8, 4) is 5.75 Å². The molecule has 0 amide bonds. The normalized spacial score (nSPS) is 11.0. The van der Waals surface area contributed by atoms with Gasteiger partial charge in [0.25, 0.3) is 0 Å². The molecule has 22 heavy (non-hydrogen) atoms. The number of hydrogen-bond acceptors (Lipinski definition) is 3. The SMILES string of the molecule is COc1ccc(NC(=S)N/N=C(/C)c2ccc(F)cc2)cc1. The van der Waals surface area contributed by atoms with Crippen LogP contribution < -0.4 is 15.5 Å². The Morgan fingerprint density at radius 2 is 1.73 bits per heavy atom. The average Bonchev–Trinajstić information content (AvgIpc) is 2.54. The van der Waals surface area contributed by atoms with E-state index in [9.17, 15) is 4.39 Å². The first-order valence-electron chi connectivity index (χ1n) is 6.60. The van der Waals surface area contributed by atoms with Gasteiger partial charge in [-0.1, -0.05) is 12.1 Å². The fourth-order valence-corrected chi connectivity index (χ4v) is 1.89. The highest BCUT2D eigenvalue weighted by Gasteiger charge is 2.00. The van der Waals surface area contributed by atoms with Crippen LogP contribution in [0.25, 0.3) is 0 Å². The molecule has 0 spiro atoms. The zero-order valence-electron chi connectivity index (χ0n) is 12.3. The Balaban J connectivity index is 1.93. The van der Waals surface area contributed by atoms with Crippen LogP contribution in [0.3, 0.4) is 0 Å². The maximum Gasteiger partial charge on any atom is 0.191 e. The number of rotatable bonds is 4. The van der Waals surface area contributed by atoms with Crippen LogP contribution in [0.2, 0.25) is 0 Å². The third kappa shape index (κ3) is 4.53. The summed E-state index contributed by atoms with van der Waals surface area (Å²) < 4.78 is 18.0. The Morgan fingerprint density at radius 3 is 2.32 bits per heavy atom. The van der Waals surface area contributed by atoms with Gasteiger partial charge in [0.05, 0.1) is 12.8 Å². The van der Waals surface area contributed by atoms with Gasteiger partial charge in [-0.25, -0.2) is 4.39 Å². The molecule has 0 aliphatic rings. The van der Waals surface area contributed by atoms with Gasteiger partial charge in [-0.15, -0.1) is 0 Å². The molecule has 2 N–H and O–H groups in total. The molecular weight excluding hydrogens is 301 g/mol. The van der Waals surface area contributed by atoms with Crippen LogP contribution in [0.15, 0.2) is 53.6 Å². The van der Waals surface area contributed by atoms with E-state index in [0.717, 1.165) is 17.0 Å². The molecular formula is C16H16FN3OS. The van der Waals surface area contributed by atoms with E-state index in [2.05, 4.69) is 15.8 Å². The van der Waals surface area contributed by atoms with Crippen molar-refractivity contribution in [2.75, 3.05) is 12.4 Å². The lowest BCUT2D eigenvalue weighted by Gasteiger charge is -2.08. The minimum atomic E-state index is -0.277. The first kappa shape index (κ1) is 15.9. The van der Waals surface area contributed by atoms with Crippen molar-refractivity contribution in [3.05, 3.63) is 59.9 Å². The predicted molar refractivity (Wildman–Crippen MR) is 91.0 cm³/mol. The molecule has 2 aromatic rings. The second kappa shape index (κ2) is 7.51. The Morgan fingerprint density at radius 1 is 1.09 bits per heavy atom. The third-order valence-electron chi connectivity index (χ3n) is 2.94. The van der Waals surface area contributed by atoms with Crippen LogP contribution in [0.1, 0.15) is 12.5 Å². The van der Waals surface area contributed by atoms with Crippen LogP contribution in [-0.2, 0) is 0 Å². The van der Waals surface area contributed by atoms with E-state index < -0.39 is 0 Å². The van der Waals surface area contributed by atoms with Crippen molar-refractivity contribution in [2.24, 2.45) is 5.10 Å². The number of nitrogens with one attached hydrogen (secondary N) is 2. The largest absolute Gasteiger partial charge is 0.497 e. The monoisotopic (exact) mass is 317 g/mol. The Labute approximate surface area is 134 Å². The van der Waals surface area contributed by atoms with Gasteiger partial charge in [-0.3, -0.25) is 5.43 Å². The molecule has 0 bridgehead atoms. The molecule has 0 atom stereocenters. The first-order chi connectivity index (χ1) is 10.6. The molecule has 0 saturated heterocycles. The molecule has 0 fully saturated rings. The number of methoxy groups -OCH3 is 1. The summed E-state index contributed by atoms with van der Waals surface area (Å²) in [7, 11) is 1.61. The summed E-state index contributed by atoms with van der Waals surface area (Å²) in [4.78, 5) is 0. The molecule has 2 aromatic carbocycles. The van der Waals surface area contributed by atoms with Crippen LogP contribution in [0.4, 0.5) is 10.1 Å². The average molecular weight is 317 g/mol. The van der Waals surface area contributed by atoms with Crippen molar-refractivity contribution in [3.63, 3.8) is 0 Å². The number of anilines is 1. The molecule has 4 nitrogen and oxygen atoms in total. The second-order valence-corrected chi connectivity index (χ2v) is 4.91. The van der Waals surface area contributed by atoms with Gasteiger partial charge in [-0.2, -0.15) is 5.10 Å². The van der Waals surface area contributed by atoms with E-state index in [1.807, 2.05) is 31.2 Å². The zero-order chi connectivity index (χ0) is 15.9. The van der Waals surface area contributed by atoms with Crippen LogP contribution in [-0.4, -0.2) is 17.9 Å². The number of nitrogens with zero attached hydrogens (tertiary/aromatic N) is 1. The highest BCUT2D eigenvalue weighted by atomic mass is 32.1. The van der Waals surface area contributed by atoms with Gasteiger partial charge in [0.15, 0.2) is 5.11 Å². The summed E-state index contributed by atoms with van der Waals surface area (Å²) in [5.41, 5.74) is 5.11. The topological polar surface area (TPSA) is 45.6 Å². The Bertz CT molecular complexity index is 669. The van der Waals surface area contributed by atoms with Crippen molar-refractivity contribution in [2.45, 2.75) is 6.92 Å². The van der Waals surface area contributed by atoms with Gasteiger partial charge in [-0.05, 0) is 61.1 Å². The van der Waals surface area contributed by atoms with E-state index in [4.69, 9.17) is 17.0 Å². The van der Waals surface area contributed by atoms with Crippen molar-refractivity contribution < 1.29 is 9.13 Å². The maximum atomic E-state index is 12.9. The maximum absolute atomic E-state index is 12.9. The van der Waals surface area contributed by atoms with E-state index in [1.54, 1.807) is 19.2 Å². The van der Waals surface area contributed by atoms with Crippen molar-refractivity contribution in [1.29, 1.82) is 0 Å². The van der Waals surface area contributed by atoms with E-state index in [0.29, 0.717) is 10.8 Å². The van der Waals surface area contributed by atoms with Crippen LogP contribution in [0, 0.1) is 5.82 Å². The predicted octanol–water partition coefficient (Wildman–Crippen LogP) is 3.54. The fraction of sp³-hybridized carbons (Fsp3) is 0.125. The van der Waals surface area contributed by atoms with Gasteiger partial charge in [0.1, 0.15) is 11.6 Å². The number of halogens is 1. The summed E-state index contributed by atoms with van der Waals surface area (Å²) in [6, 6.07) is 13.5. The number of hydrazone groups is 1. The van der Waals surface area contributed by atoms with Gasteiger partial charge >= 0.3 is 0 Å².